The zero-order valence-electron chi connectivity index (χ0n) is 10.7. The molecule has 0 atom stereocenters. The van der Waals surface area contributed by atoms with Crippen LogP contribution in [0.3, 0.4) is 0 Å². The molecule has 6 heteroatoms. The van der Waals surface area contributed by atoms with E-state index >= 15 is 0 Å². The minimum atomic E-state index is -3.18. The quantitative estimate of drug-likeness (QED) is 0.639. The van der Waals surface area contributed by atoms with E-state index in [4.69, 9.17) is 0 Å². The van der Waals surface area contributed by atoms with Crippen LogP contribution in [0.5, 0.6) is 5.75 Å². The van der Waals surface area contributed by atoms with Crippen LogP contribution in [0.1, 0.15) is 18.1 Å². The molecule has 0 aromatic heterocycles. The molecule has 0 heterocycles. The molecule has 102 valence electrons. The highest BCUT2D eigenvalue weighted by atomic mass is 32.2. The number of nitrogens with one attached hydrogen (secondary N) is 2. The van der Waals surface area contributed by atoms with E-state index in [2.05, 4.69) is 10.0 Å². The lowest BCUT2D eigenvalue weighted by Crippen LogP contribution is -2.31. The monoisotopic (exact) mass is 272 g/mol. The summed E-state index contributed by atoms with van der Waals surface area (Å²) in [6.45, 7) is 4.78. The molecule has 0 bridgehead atoms. The number of hydrogen-bond acceptors (Lipinski definition) is 4. The molecule has 18 heavy (non-hydrogen) atoms. The molecule has 0 radical (unpaired) electrons. The maximum absolute atomic E-state index is 11.4. The van der Waals surface area contributed by atoms with E-state index in [1.54, 1.807) is 6.92 Å². The van der Waals surface area contributed by atoms with Gasteiger partial charge in [0.15, 0.2) is 0 Å². The Hall–Kier alpha value is -1.11. The van der Waals surface area contributed by atoms with Gasteiger partial charge in [0, 0.05) is 25.2 Å². The van der Waals surface area contributed by atoms with Crippen LogP contribution >= 0.6 is 0 Å². The van der Waals surface area contributed by atoms with Crippen LogP contribution in [-0.4, -0.2) is 32.4 Å². The molecule has 5 nitrogen and oxygen atoms in total. The van der Waals surface area contributed by atoms with Crippen LogP contribution in [-0.2, 0) is 16.6 Å². The summed E-state index contributed by atoms with van der Waals surface area (Å²) in [5.74, 6) is 0.299. The van der Waals surface area contributed by atoms with E-state index in [9.17, 15) is 13.5 Å². The predicted octanol–water partition coefficient (Wildman–Crippen LogP) is 0.730. The lowest BCUT2D eigenvalue weighted by molar-refractivity contribution is 0.461. The molecule has 3 N–H and O–H groups in total. The van der Waals surface area contributed by atoms with Gasteiger partial charge >= 0.3 is 0 Å². The molecule has 0 aliphatic carbocycles. The summed E-state index contributed by atoms with van der Waals surface area (Å²) in [6.07, 6.45) is 0. The number of hydrogen-bond donors (Lipinski definition) is 3. The van der Waals surface area contributed by atoms with Crippen LogP contribution in [0, 0.1) is 6.92 Å². The van der Waals surface area contributed by atoms with Crippen molar-refractivity contribution in [1.82, 2.24) is 10.0 Å². The normalized spacial score (nSPS) is 11.7. The summed E-state index contributed by atoms with van der Waals surface area (Å²) in [7, 11) is -3.18. The number of para-hydroxylation sites is 1. The van der Waals surface area contributed by atoms with Gasteiger partial charge in [-0.25, -0.2) is 13.1 Å². The number of sulfonamides is 1. The first kappa shape index (κ1) is 14.9. The SMILES string of the molecule is CCNS(=O)(=O)CCNCc1cccc(C)c1O. The van der Waals surface area contributed by atoms with E-state index in [1.807, 2.05) is 25.1 Å². The topological polar surface area (TPSA) is 78.4 Å². The van der Waals surface area contributed by atoms with Crippen LogP contribution in [0.15, 0.2) is 18.2 Å². The number of phenolic OH excluding ortho intramolecular Hbond substituents is 1. The summed E-state index contributed by atoms with van der Waals surface area (Å²) < 4.78 is 25.1. The Bertz CT molecular complexity index is 486. The number of benzene rings is 1. The summed E-state index contributed by atoms with van der Waals surface area (Å²) in [6, 6.07) is 5.50. The highest BCUT2D eigenvalue weighted by Crippen LogP contribution is 2.20. The van der Waals surface area contributed by atoms with Gasteiger partial charge in [0.05, 0.1) is 5.75 Å². The van der Waals surface area contributed by atoms with Crippen molar-refractivity contribution >= 4 is 10.0 Å². The van der Waals surface area contributed by atoms with Crippen molar-refractivity contribution < 1.29 is 13.5 Å². The van der Waals surface area contributed by atoms with E-state index in [0.29, 0.717) is 19.6 Å². The number of phenols is 1. The maximum Gasteiger partial charge on any atom is 0.212 e. The van der Waals surface area contributed by atoms with Crippen LogP contribution < -0.4 is 10.0 Å². The predicted molar refractivity (Wildman–Crippen MR) is 72.0 cm³/mol. The summed E-state index contributed by atoms with van der Waals surface area (Å²) in [5.41, 5.74) is 1.59. The summed E-state index contributed by atoms with van der Waals surface area (Å²) >= 11 is 0. The fourth-order valence-corrected chi connectivity index (χ4v) is 2.58. The third-order valence-electron chi connectivity index (χ3n) is 2.55. The molecule has 1 aromatic rings. The molecule has 0 spiro atoms. The Morgan fingerprint density at radius 1 is 1.33 bits per heavy atom. The van der Waals surface area contributed by atoms with Gasteiger partial charge in [0.2, 0.25) is 10.0 Å². The van der Waals surface area contributed by atoms with E-state index in [-0.39, 0.29) is 11.5 Å². The van der Waals surface area contributed by atoms with Crippen molar-refractivity contribution in [3.8, 4) is 5.75 Å². The second-order valence-electron chi connectivity index (χ2n) is 4.08. The number of aromatic hydroxyl groups is 1. The van der Waals surface area contributed by atoms with Gasteiger partial charge in [0.1, 0.15) is 5.75 Å². The molecule has 0 aliphatic heterocycles. The largest absolute Gasteiger partial charge is 0.507 e. The molecular weight excluding hydrogens is 252 g/mol. The first-order valence-corrected chi connectivity index (χ1v) is 7.57. The molecule has 0 fully saturated rings. The molecule has 0 saturated carbocycles. The van der Waals surface area contributed by atoms with Crippen molar-refractivity contribution in [3.05, 3.63) is 29.3 Å². The second kappa shape index (κ2) is 6.72. The maximum atomic E-state index is 11.4. The third-order valence-corrected chi connectivity index (χ3v) is 4.02. The van der Waals surface area contributed by atoms with Crippen molar-refractivity contribution in [2.45, 2.75) is 20.4 Å². The van der Waals surface area contributed by atoms with Crippen molar-refractivity contribution in [3.63, 3.8) is 0 Å². The lowest BCUT2D eigenvalue weighted by atomic mass is 10.1. The van der Waals surface area contributed by atoms with Gasteiger partial charge in [0.25, 0.3) is 0 Å². The molecule has 1 rings (SSSR count). The smallest absolute Gasteiger partial charge is 0.212 e. The number of aryl methyl sites for hydroxylation is 1. The Morgan fingerprint density at radius 2 is 2.06 bits per heavy atom. The fourth-order valence-electron chi connectivity index (χ4n) is 1.58. The van der Waals surface area contributed by atoms with Crippen molar-refractivity contribution in [2.75, 3.05) is 18.8 Å². The molecular formula is C12H20N2O3S. The summed E-state index contributed by atoms with van der Waals surface area (Å²) in [4.78, 5) is 0. The molecule has 1 aromatic carbocycles. The van der Waals surface area contributed by atoms with E-state index in [1.165, 1.54) is 0 Å². The zero-order chi connectivity index (χ0) is 13.6. The Morgan fingerprint density at radius 3 is 2.72 bits per heavy atom. The van der Waals surface area contributed by atoms with Gasteiger partial charge in [-0.1, -0.05) is 25.1 Å². The van der Waals surface area contributed by atoms with Crippen LogP contribution in [0.4, 0.5) is 0 Å². The van der Waals surface area contributed by atoms with Gasteiger partial charge < -0.3 is 10.4 Å². The van der Waals surface area contributed by atoms with Gasteiger partial charge in [-0.3, -0.25) is 0 Å². The van der Waals surface area contributed by atoms with Crippen LogP contribution in [0.2, 0.25) is 0 Å². The van der Waals surface area contributed by atoms with Gasteiger partial charge in [-0.2, -0.15) is 0 Å². The molecule has 0 saturated heterocycles. The standard InChI is InChI=1S/C12H20N2O3S/c1-3-14-18(16,17)8-7-13-9-11-6-4-5-10(2)12(11)15/h4-6,13-15H,3,7-9H2,1-2H3. The minimum absolute atomic E-state index is 0.0351. The average Bonchev–Trinajstić information content (AvgIpc) is 2.29. The second-order valence-corrected chi connectivity index (χ2v) is 6.00. The highest BCUT2D eigenvalue weighted by Gasteiger charge is 2.08. The van der Waals surface area contributed by atoms with E-state index < -0.39 is 10.0 Å². The molecule has 0 aliphatic rings. The first-order valence-electron chi connectivity index (χ1n) is 5.92. The third kappa shape index (κ3) is 4.64. The molecule has 0 amide bonds. The van der Waals surface area contributed by atoms with Crippen molar-refractivity contribution in [2.24, 2.45) is 0 Å². The van der Waals surface area contributed by atoms with Gasteiger partial charge in [-0.05, 0) is 12.5 Å². The van der Waals surface area contributed by atoms with Crippen molar-refractivity contribution in [1.29, 1.82) is 0 Å². The average molecular weight is 272 g/mol. The Kier molecular flexibility index (Phi) is 5.58. The van der Waals surface area contributed by atoms with Crippen LogP contribution in [0.25, 0.3) is 0 Å². The zero-order valence-corrected chi connectivity index (χ0v) is 11.5. The highest BCUT2D eigenvalue weighted by molar-refractivity contribution is 7.89. The Balaban J connectivity index is 2.41. The minimum Gasteiger partial charge on any atom is -0.507 e. The Labute approximate surface area is 108 Å². The van der Waals surface area contributed by atoms with E-state index in [0.717, 1.165) is 11.1 Å². The first-order chi connectivity index (χ1) is 8.46. The fraction of sp³-hybridized carbons (Fsp3) is 0.500. The van der Waals surface area contributed by atoms with Gasteiger partial charge in [-0.15, -0.1) is 0 Å². The lowest BCUT2D eigenvalue weighted by Gasteiger charge is -2.09. The number of rotatable bonds is 7. The summed E-state index contributed by atoms with van der Waals surface area (Å²) in [5, 5.41) is 12.8. The molecule has 0 unspecified atom stereocenters.